The number of carbonyl (C=O) groups is 1. The lowest BCUT2D eigenvalue weighted by molar-refractivity contribution is -0.130. The second-order valence-corrected chi connectivity index (χ2v) is 10.7. The minimum absolute atomic E-state index is 0.0503. The highest BCUT2D eigenvalue weighted by atomic mass is 32.2. The van der Waals surface area contributed by atoms with E-state index in [1.807, 2.05) is 36.4 Å². The van der Waals surface area contributed by atoms with Crippen molar-refractivity contribution in [3.05, 3.63) is 83.9 Å². The van der Waals surface area contributed by atoms with Gasteiger partial charge in [0.1, 0.15) is 5.75 Å². The van der Waals surface area contributed by atoms with E-state index in [1.165, 1.54) is 16.3 Å². The lowest BCUT2D eigenvalue weighted by Gasteiger charge is -2.35. The minimum Gasteiger partial charge on any atom is -0.339 e. The fourth-order valence-electron chi connectivity index (χ4n) is 4.32. The van der Waals surface area contributed by atoms with Crippen molar-refractivity contribution in [1.29, 1.82) is 0 Å². The van der Waals surface area contributed by atoms with Crippen molar-refractivity contribution >= 4 is 26.5 Å². The van der Waals surface area contributed by atoms with Gasteiger partial charge in [0.05, 0.1) is 5.75 Å². The molecule has 168 valence electrons. The number of benzene rings is 3. The van der Waals surface area contributed by atoms with Gasteiger partial charge in [0.25, 0.3) is 0 Å². The van der Waals surface area contributed by atoms with E-state index in [-0.39, 0.29) is 17.4 Å². The summed E-state index contributed by atoms with van der Waals surface area (Å²) in [6.45, 7) is 3.49. The van der Waals surface area contributed by atoms with E-state index < -0.39 is 9.84 Å². The smallest absolute Gasteiger partial charge is 0.237 e. The molecule has 0 bridgehead atoms. The number of rotatable bonds is 8. The highest BCUT2D eigenvalue weighted by molar-refractivity contribution is 7.92. The lowest BCUT2D eigenvalue weighted by Crippen LogP contribution is -2.49. The number of amides is 1. The van der Waals surface area contributed by atoms with E-state index in [0.29, 0.717) is 25.9 Å². The third-order valence-corrected chi connectivity index (χ3v) is 7.70. The standard InChI is InChI=1S/C26H30N2O3S/c29-26(21-32(30,31)19-7-10-22-8-2-1-3-9-22)28-17-15-27(16-18-28)20-24-13-6-12-23-11-4-5-14-25(23)24/h1-6,8-9,11-14H,7,10,15-21H2. The van der Waals surface area contributed by atoms with E-state index in [4.69, 9.17) is 0 Å². The molecule has 5 nitrogen and oxygen atoms in total. The molecule has 0 spiro atoms. The van der Waals surface area contributed by atoms with Gasteiger partial charge in [0.15, 0.2) is 9.84 Å². The minimum atomic E-state index is -3.39. The van der Waals surface area contributed by atoms with Gasteiger partial charge in [-0.05, 0) is 34.7 Å². The molecular formula is C26H30N2O3S. The Kier molecular flexibility index (Phi) is 7.22. The van der Waals surface area contributed by atoms with Crippen LogP contribution in [-0.2, 0) is 27.6 Å². The average Bonchev–Trinajstić information content (AvgIpc) is 2.80. The van der Waals surface area contributed by atoms with E-state index in [0.717, 1.165) is 25.2 Å². The highest BCUT2D eigenvalue weighted by Crippen LogP contribution is 2.20. The summed E-state index contributed by atoms with van der Waals surface area (Å²) < 4.78 is 24.9. The van der Waals surface area contributed by atoms with Crippen LogP contribution < -0.4 is 0 Å². The first kappa shape index (κ1) is 22.5. The molecule has 0 aromatic heterocycles. The Labute approximate surface area is 190 Å². The van der Waals surface area contributed by atoms with Crippen LogP contribution in [0, 0.1) is 0 Å². The molecule has 1 aliphatic rings. The number of fused-ring (bicyclic) bond motifs is 1. The van der Waals surface area contributed by atoms with Gasteiger partial charge in [-0.3, -0.25) is 9.69 Å². The molecule has 4 rings (SSSR count). The molecule has 0 aliphatic carbocycles. The highest BCUT2D eigenvalue weighted by Gasteiger charge is 2.25. The summed E-state index contributed by atoms with van der Waals surface area (Å²) in [5, 5.41) is 2.49. The fourth-order valence-corrected chi connectivity index (χ4v) is 5.61. The average molecular weight is 451 g/mol. The van der Waals surface area contributed by atoms with Crippen LogP contribution in [0.4, 0.5) is 0 Å². The molecule has 0 saturated carbocycles. The van der Waals surface area contributed by atoms with Crippen molar-refractivity contribution in [3.63, 3.8) is 0 Å². The van der Waals surface area contributed by atoms with Crippen molar-refractivity contribution in [2.45, 2.75) is 19.4 Å². The van der Waals surface area contributed by atoms with Crippen LogP contribution in [0.1, 0.15) is 17.5 Å². The van der Waals surface area contributed by atoms with Crippen LogP contribution in [0.15, 0.2) is 72.8 Å². The fraction of sp³-hybridized carbons (Fsp3) is 0.346. The maximum absolute atomic E-state index is 12.6. The number of sulfone groups is 1. The summed E-state index contributed by atoms with van der Waals surface area (Å²) in [6, 6.07) is 24.6. The third kappa shape index (κ3) is 5.96. The van der Waals surface area contributed by atoms with Crippen molar-refractivity contribution < 1.29 is 13.2 Å². The predicted molar refractivity (Wildman–Crippen MR) is 129 cm³/mol. The van der Waals surface area contributed by atoms with E-state index in [1.54, 1.807) is 4.90 Å². The van der Waals surface area contributed by atoms with Gasteiger partial charge in [0, 0.05) is 32.7 Å². The van der Waals surface area contributed by atoms with E-state index in [9.17, 15) is 13.2 Å². The summed E-state index contributed by atoms with van der Waals surface area (Å²) in [7, 11) is -3.39. The number of aryl methyl sites for hydroxylation is 1. The van der Waals surface area contributed by atoms with Gasteiger partial charge in [-0.2, -0.15) is 0 Å². The zero-order chi connectivity index (χ0) is 22.4. The van der Waals surface area contributed by atoms with Gasteiger partial charge in [-0.25, -0.2) is 8.42 Å². The molecule has 3 aromatic carbocycles. The largest absolute Gasteiger partial charge is 0.339 e. The molecule has 0 radical (unpaired) electrons. The summed E-state index contributed by atoms with van der Waals surface area (Å²) in [4.78, 5) is 16.7. The Hall–Kier alpha value is -2.70. The molecule has 0 atom stereocenters. The maximum atomic E-state index is 12.6. The van der Waals surface area contributed by atoms with E-state index >= 15 is 0 Å². The summed E-state index contributed by atoms with van der Waals surface area (Å²) in [5.41, 5.74) is 2.40. The lowest BCUT2D eigenvalue weighted by atomic mass is 10.0. The normalized spacial score (nSPS) is 15.2. The first-order valence-corrected chi connectivity index (χ1v) is 13.0. The summed E-state index contributed by atoms with van der Waals surface area (Å²) in [5.74, 6) is -0.602. The summed E-state index contributed by atoms with van der Waals surface area (Å²) >= 11 is 0. The molecule has 1 saturated heterocycles. The monoisotopic (exact) mass is 450 g/mol. The number of hydrogen-bond donors (Lipinski definition) is 0. The van der Waals surface area contributed by atoms with Crippen molar-refractivity contribution in [3.8, 4) is 0 Å². The van der Waals surface area contributed by atoms with Gasteiger partial charge in [-0.1, -0.05) is 72.8 Å². The number of carbonyl (C=O) groups excluding carboxylic acids is 1. The van der Waals surface area contributed by atoms with E-state index in [2.05, 4.69) is 41.3 Å². The number of piperazine rings is 1. The van der Waals surface area contributed by atoms with Gasteiger partial charge in [-0.15, -0.1) is 0 Å². The number of hydrogen-bond acceptors (Lipinski definition) is 4. The van der Waals surface area contributed by atoms with Gasteiger partial charge in [0.2, 0.25) is 5.91 Å². The topological polar surface area (TPSA) is 57.7 Å². The molecule has 32 heavy (non-hydrogen) atoms. The Morgan fingerprint density at radius 2 is 1.50 bits per heavy atom. The quantitative estimate of drug-likeness (QED) is 0.527. The van der Waals surface area contributed by atoms with Crippen LogP contribution in [0.25, 0.3) is 10.8 Å². The molecule has 0 unspecified atom stereocenters. The maximum Gasteiger partial charge on any atom is 0.237 e. The Balaban J connectivity index is 1.25. The zero-order valence-corrected chi connectivity index (χ0v) is 19.1. The third-order valence-electron chi connectivity index (χ3n) is 6.11. The molecule has 0 N–H and O–H groups in total. The molecular weight excluding hydrogens is 420 g/mol. The summed E-state index contributed by atoms with van der Waals surface area (Å²) in [6.07, 6.45) is 1.25. The Morgan fingerprint density at radius 3 is 2.28 bits per heavy atom. The van der Waals surface area contributed by atoms with Crippen LogP contribution >= 0.6 is 0 Å². The molecule has 3 aromatic rings. The first-order chi connectivity index (χ1) is 15.5. The SMILES string of the molecule is O=C(CS(=O)(=O)CCCc1ccccc1)N1CCN(Cc2cccc3ccccc23)CC1. The number of nitrogens with zero attached hydrogens (tertiary/aromatic N) is 2. The van der Waals surface area contributed by atoms with Crippen LogP contribution in [0.5, 0.6) is 0 Å². The molecule has 1 fully saturated rings. The zero-order valence-electron chi connectivity index (χ0n) is 18.3. The van der Waals surface area contributed by atoms with Gasteiger partial charge >= 0.3 is 0 Å². The molecule has 1 heterocycles. The van der Waals surface area contributed by atoms with Crippen LogP contribution in [-0.4, -0.2) is 61.8 Å². The van der Waals surface area contributed by atoms with Crippen molar-refractivity contribution in [2.75, 3.05) is 37.7 Å². The van der Waals surface area contributed by atoms with Crippen LogP contribution in [0.2, 0.25) is 0 Å². The van der Waals surface area contributed by atoms with Crippen LogP contribution in [0.3, 0.4) is 0 Å². The second-order valence-electron chi connectivity index (χ2n) is 8.48. The second kappa shape index (κ2) is 10.3. The van der Waals surface area contributed by atoms with Gasteiger partial charge < -0.3 is 4.90 Å². The van der Waals surface area contributed by atoms with Crippen molar-refractivity contribution in [2.24, 2.45) is 0 Å². The predicted octanol–water partition coefficient (Wildman–Crippen LogP) is 3.53. The Bertz CT molecular complexity index is 1150. The van der Waals surface area contributed by atoms with Crippen molar-refractivity contribution in [1.82, 2.24) is 9.80 Å². The first-order valence-electron chi connectivity index (χ1n) is 11.2. The molecule has 6 heteroatoms. The molecule has 1 amide bonds. The Morgan fingerprint density at radius 1 is 0.812 bits per heavy atom. The molecule has 1 aliphatic heterocycles.